The van der Waals surface area contributed by atoms with E-state index in [-0.39, 0.29) is 24.7 Å². The van der Waals surface area contributed by atoms with Gasteiger partial charge in [-0.3, -0.25) is 14.4 Å². The van der Waals surface area contributed by atoms with Gasteiger partial charge in [-0.1, -0.05) is 32.9 Å². The standard InChI is InChI=1S/C16H19NO4S/c1-16(2,3)13(18)9-21-14(19)8-12-15(20)17-10-6-4-5-7-11(10)22-12/h4-7,12H,8-9H2,1-3H3,(H,17,20)/t12-/m1/s1. The number of amides is 1. The van der Waals surface area contributed by atoms with Crippen molar-refractivity contribution in [2.24, 2.45) is 5.41 Å². The molecule has 0 aromatic heterocycles. The van der Waals surface area contributed by atoms with Crippen molar-refractivity contribution in [3.8, 4) is 0 Å². The molecule has 0 unspecified atom stereocenters. The van der Waals surface area contributed by atoms with Crippen molar-refractivity contribution in [1.82, 2.24) is 0 Å². The molecule has 1 aliphatic rings. The highest BCUT2D eigenvalue weighted by molar-refractivity contribution is 8.01. The minimum absolute atomic E-state index is 0.0533. The van der Waals surface area contributed by atoms with Gasteiger partial charge in [-0.2, -0.15) is 0 Å². The van der Waals surface area contributed by atoms with Crippen LogP contribution in [-0.4, -0.2) is 29.5 Å². The second-order valence-corrected chi connectivity index (χ2v) is 7.37. The Morgan fingerprint density at radius 1 is 1.27 bits per heavy atom. The number of ether oxygens (including phenoxy) is 1. The maximum absolute atomic E-state index is 12.0. The summed E-state index contributed by atoms with van der Waals surface area (Å²) in [5.41, 5.74) is 0.209. The summed E-state index contributed by atoms with van der Waals surface area (Å²) in [6.07, 6.45) is -0.0533. The second-order valence-electron chi connectivity index (χ2n) is 6.13. The molecule has 1 aromatic carbocycles. The number of fused-ring (bicyclic) bond motifs is 1. The number of ketones is 1. The van der Waals surface area contributed by atoms with Crippen LogP contribution in [0.1, 0.15) is 27.2 Å². The molecule has 0 saturated carbocycles. The topological polar surface area (TPSA) is 72.5 Å². The van der Waals surface area contributed by atoms with Gasteiger partial charge in [-0.15, -0.1) is 11.8 Å². The van der Waals surface area contributed by atoms with Crippen molar-refractivity contribution in [3.63, 3.8) is 0 Å². The van der Waals surface area contributed by atoms with E-state index in [0.717, 1.165) is 10.6 Å². The Bertz CT molecular complexity index is 606. The number of esters is 1. The van der Waals surface area contributed by atoms with Gasteiger partial charge in [0, 0.05) is 10.3 Å². The van der Waals surface area contributed by atoms with Gasteiger partial charge < -0.3 is 10.1 Å². The van der Waals surface area contributed by atoms with Crippen LogP contribution in [0.15, 0.2) is 29.2 Å². The molecule has 0 bridgehead atoms. The van der Waals surface area contributed by atoms with E-state index in [9.17, 15) is 14.4 Å². The fraction of sp³-hybridized carbons (Fsp3) is 0.438. The van der Waals surface area contributed by atoms with Crippen LogP contribution in [0.4, 0.5) is 5.69 Å². The van der Waals surface area contributed by atoms with E-state index in [4.69, 9.17) is 4.74 Å². The van der Waals surface area contributed by atoms with Crippen LogP contribution in [-0.2, 0) is 19.1 Å². The quantitative estimate of drug-likeness (QED) is 0.863. The van der Waals surface area contributed by atoms with Gasteiger partial charge in [0.2, 0.25) is 5.91 Å². The number of carbonyl (C=O) groups is 3. The third kappa shape index (κ3) is 4.10. The van der Waals surface area contributed by atoms with E-state index >= 15 is 0 Å². The normalized spacial score (nSPS) is 17.4. The molecule has 6 heteroatoms. The molecule has 0 aliphatic carbocycles. The molecule has 118 valence electrons. The van der Waals surface area contributed by atoms with Crippen molar-refractivity contribution >= 4 is 35.1 Å². The molecule has 1 amide bonds. The molecule has 0 saturated heterocycles. The highest BCUT2D eigenvalue weighted by atomic mass is 32.2. The Kier molecular flexibility index (Phi) is 4.90. The first-order chi connectivity index (χ1) is 10.3. The Hall–Kier alpha value is -1.82. The highest BCUT2D eigenvalue weighted by Crippen LogP contribution is 2.36. The summed E-state index contributed by atoms with van der Waals surface area (Å²) in [4.78, 5) is 36.5. The Balaban J connectivity index is 1.90. The Labute approximate surface area is 133 Å². The van der Waals surface area contributed by atoms with Crippen LogP contribution in [0, 0.1) is 5.41 Å². The molecule has 1 N–H and O–H groups in total. The van der Waals surface area contributed by atoms with E-state index in [0.29, 0.717) is 0 Å². The van der Waals surface area contributed by atoms with Crippen LogP contribution in [0.5, 0.6) is 0 Å². The third-order valence-corrected chi connectivity index (χ3v) is 4.53. The number of benzene rings is 1. The fourth-order valence-corrected chi connectivity index (χ4v) is 2.89. The Morgan fingerprint density at radius 2 is 1.95 bits per heavy atom. The highest BCUT2D eigenvalue weighted by Gasteiger charge is 2.30. The molecule has 1 aliphatic heterocycles. The average molecular weight is 321 g/mol. The van der Waals surface area contributed by atoms with Crippen LogP contribution < -0.4 is 5.32 Å². The zero-order valence-electron chi connectivity index (χ0n) is 12.8. The number of thioether (sulfide) groups is 1. The molecule has 1 heterocycles. The van der Waals surface area contributed by atoms with Crippen molar-refractivity contribution < 1.29 is 19.1 Å². The van der Waals surface area contributed by atoms with Gasteiger partial charge >= 0.3 is 5.97 Å². The number of hydrogen-bond donors (Lipinski definition) is 1. The zero-order valence-corrected chi connectivity index (χ0v) is 13.7. The molecule has 1 aromatic rings. The molecule has 5 nitrogen and oxygen atoms in total. The maximum atomic E-state index is 12.0. The summed E-state index contributed by atoms with van der Waals surface area (Å²) in [6, 6.07) is 7.42. The zero-order chi connectivity index (χ0) is 16.3. The molecule has 1 atom stereocenters. The van der Waals surface area contributed by atoms with Crippen molar-refractivity contribution in [2.75, 3.05) is 11.9 Å². The van der Waals surface area contributed by atoms with E-state index in [1.807, 2.05) is 24.3 Å². The second kappa shape index (κ2) is 6.52. The minimum atomic E-state index is -0.545. The van der Waals surface area contributed by atoms with Gasteiger partial charge in [0.25, 0.3) is 0 Å². The lowest BCUT2D eigenvalue weighted by Crippen LogP contribution is -2.32. The first-order valence-corrected chi connectivity index (χ1v) is 7.91. The lowest BCUT2D eigenvalue weighted by atomic mass is 9.91. The first-order valence-electron chi connectivity index (χ1n) is 7.03. The number of nitrogens with one attached hydrogen (secondary N) is 1. The van der Waals surface area contributed by atoms with Crippen LogP contribution in [0.25, 0.3) is 0 Å². The number of carbonyl (C=O) groups excluding carboxylic acids is 3. The van der Waals surface area contributed by atoms with E-state index < -0.39 is 16.6 Å². The third-order valence-electron chi connectivity index (χ3n) is 3.26. The predicted molar refractivity (Wildman–Crippen MR) is 84.8 cm³/mol. The van der Waals surface area contributed by atoms with Crippen molar-refractivity contribution in [1.29, 1.82) is 0 Å². The van der Waals surface area contributed by atoms with Crippen LogP contribution >= 0.6 is 11.8 Å². The van der Waals surface area contributed by atoms with Crippen LogP contribution in [0.3, 0.4) is 0 Å². The molecule has 0 fully saturated rings. The average Bonchev–Trinajstić information content (AvgIpc) is 2.44. The molecule has 22 heavy (non-hydrogen) atoms. The van der Waals surface area contributed by atoms with Gasteiger partial charge in [0.1, 0.15) is 0 Å². The van der Waals surface area contributed by atoms with E-state index in [1.54, 1.807) is 20.8 Å². The number of Topliss-reactive ketones (excluding diaryl/α,β-unsaturated/α-hetero) is 1. The van der Waals surface area contributed by atoms with E-state index in [1.165, 1.54) is 11.8 Å². The first kappa shape index (κ1) is 16.5. The summed E-state index contributed by atoms with van der Waals surface area (Å²) in [7, 11) is 0. The maximum Gasteiger partial charge on any atom is 0.307 e. The number of rotatable bonds is 4. The van der Waals surface area contributed by atoms with Gasteiger partial charge in [0.15, 0.2) is 12.4 Å². The summed E-state index contributed by atoms with van der Waals surface area (Å²) in [5, 5.41) is 2.23. The summed E-state index contributed by atoms with van der Waals surface area (Å²) in [5.74, 6) is -0.903. The van der Waals surface area contributed by atoms with E-state index in [2.05, 4.69) is 5.32 Å². The number of para-hydroxylation sites is 1. The molecule has 0 radical (unpaired) electrons. The smallest absolute Gasteiger partial charge is 0.307 e. The van der Waals surface area contributed by atoms with Gasteiger partial charge in [-0.05, 0) is 12.1 Å². The largest absolute Gasteiger partial charge is 0.458 e. The van der Waals surface area contributed by atoms with Crippen molar-refractivity contribution in [3.05, 3.63) is 24.3 Å². The molecular weight excluding hydrogens is 302 g/mol. The van der Waals surface area contributed by atoms with Crippen LogP contribution in [0.2, 0.25) is 0 Å². The number of hydrogen-bond acceptors (Lipinski definition) is 5. The fourth-order valence-electron chi connectivity index (χ4n) is 1.80. The Morgan fingerprint density at radius 3 is 2.64 bits per heavy atom. The van der Waals surface area contributed by atoms with Gasteiger partial charge in [-0.25, -0.2) is 0 Å². The summed E-state index contributed by atoms with van der Waals surface area (Å²) in [6.45, 7) is 5.05. The van der Waals surface area contributed by atoms with Gasteiger partial charge in [0.05, 0.1) is 17.4 Å². The number of anilines is 1. The molecule has 0 spiro atoms. The molecule has 2 rings (SSSR count). The minimum Gasteiger partial charge on any atom is -0.458 e. The monoisotopic (exact) mass is 321 g/mol. The molecular formula is C16H19NO4S. The SMILES string of the molecule is CC(C)(C)C(=O)COC(=O)C[C@H]1Sc2ccccc2NC1=O. The summed E-state index contributed by atoms with van der Waals surface area (Å²) >= 11 is 1.34. The van der Waals surface area contributed by atoms with Crippen molar-refractivity contribution in [2.45, 2.75) is 37.3 Å². The predicted octanol–water partition coefficient (Wildman–Crippen LogP) is 2.65. The lowest BCUT2D eigenvalue weighted by molar-refractivity contribution is -0.150. The lowest BCUT2D eigenvalue weighted by Gasteiger charge is -2.23. The summed E-state index contributed by atoms with van der Waals surface area (Å²) < 4.78 is 4.99.